The Morgan fingerprint density at radius 3 is 2.43 bits per heavy atom. The number of nitrogens with zero attached hydrogens (tertiary/aromatic N) is 4. The molecule has 0 fully saturated rings. The Balaban J connectivity index is 1.72. The van der Waals surface area contributed by atoms with Crippen LogP contribution in [0.15, 0.2) is 71.8 Å². The van der Waals surface area contributed by atoms with Crippen molar-refractivity contribution >= 4 is 31.6 Å². The van der Waals surface area contributed by atoms with Gasteiger partial charge in [-0.25, -0.2) is 8.42 Å². The van der Waals surface area contributed by atoms with Gasteiger partial charge in [-0.2, -0.15) is 10.4 Å². The molecule has 0 aliphatic carbocycles. The number of aromatic nitrogens is 3. The average molecular weight is 483 g/mol. The van der Waals surface area contributed by atoms with Gasteiger partial charge in [0.25, 0.3) is 0 Å². The van der Waals surface area contributed by atoms with Gasteiger partial charge in [0.15, 0.2) is 9.84 Å². The van der Waals surface area contributed by atoms with Crippen LogP contribution in [0.25, 0.3) is 33.1 Å². The Hall–Kier alpha value is -4.22. The summed E-state index contributed by atoms with van der Waals surface area (Å²) < 4.78 is 33.7. The van der Waals surface area contributed by atoms with Gasteiger partial charge in [-0.05, 0) is 37.3 Å². The van der Waals surface area contributed by atoms with E-state index in [1.165, 1.54) is 7.11 Å². The molecule has 5 aromatic rings. The molecule has 5 rings (SSSR count). The molecule has 0 saturated heterocycles. The van der Waals surface area contributed by atoms with Crippen molar-refractivity contribution in [1.29, 1.82) is 5.26 Å². The van der Waals surface area contributed by atoms with E-state index < -0.39 is 9.84 Å². The number of methoxy groups -OCH3 is 1. The van der Waals surface area contributed by atoms with Gasteiger partial charge in [0.05, 0.1) is 46.6 Å². The van der Waals surface area contributed by atoms with Gasteiger partial charge in [0, 0.05) is 35.0 Å². The second-order valence-corrected chi connectivity index (χ2v) is 10.4. The molecule has 0 N–H and O–H groups in total. The first-order valence-electron chi connectivity index (χ1n) is 10.9. The van der Waals surface area contributed by atoms with Crippen LogP contribution in [0.4, 0.5) is 0 Å². The van der Waals surface area contributed by atoms with Gasteiger partial charge in [-0.15, -0.1) is 0 Å². The molecule has 2 aromatic heterocycles. The summed E-state index contributed by atoms with van der Waals surface area (Å²) in [6.07, 6.45) is 1.75. The molecule has 0 aliphatic rings. The lowest BCUT2D eigenvalue weighted by atomic mass is 10.0. The van der Waals surface area contributed by atoms with Crippen molar-refractivity contribution in [3.63, 3.8) is 0 Å². The molecule has 0 spiro atoms. The zero-order chi connectivity index (χ0) is 24.7. The maximum Gasteiger partial charge on any atom is 0.182 e. The molecule has 8 heteroatoms. The van der Waals surface area contributed by atoms with Crippen LogP contribution in [-0.2, 0) is 22.6 Å². The Kier molecular flexibility index (Phi) is 5.50. The summed E-state index contributed by atoms with van der Waals surface area (Å²) in [7, 11) is -0.237. The Morgan fingerprint density at radius 1 is 1.06 bits per heavy atom. The summed E-state index contributed by atoms with van der Waals surface area (Å²) in [6, 6.07) is 19.8. The van der Waals surface area contributed by atoms with Crippen LogP contribution in [0.5, 0.6) is 5.75 Å². The van der Waals surface area contributed by atoms with Gasteiger partial charge >= 0.3 is 0 Å². The van der Waals surface area contributed by atoms with Gasteiger partial charge < -0.3 is 4.74 Å². The normalized spacial score (nSPS) is 11.6. The fourth-order valence-corrected chi connectivity index (χ4v) is 5.60. The minimum Gasteiger partial charge on any atom is -0.496 e. The van der Waals surface area contributed by atoms with Crippen LogP contribution in [0.3, 0.4) is 0 Å². The van der Waals surface area contributed by atoms with Gasteiger partial charge in [0.1, 0.15) is 11.4 Å². The van der Waals surface area contributed by atoms with Crippen molar-refractivity contribution in [1.82, 2.24) is 14.8 Å². The van der Waals surface area contributed by atoms with Gasteiger partial charge in [-0.1, -0.05) is 29.8 Å². The highest BCUT2D eigenvalue weighted by Gasteiger charge is 2.21. The van der Waals surface area contributed by atoms with Crippen LogP contribution in [0.1, 0.15) is 16.7 Å². The van der Waals surface area contributed by atoms with E-state index in [1.807, 2.05) is 32.2 Å². The third kappa shape index (κ3) is 4.00. The fourth-order valence-electron chi connectivity index (χ4n) is 4.24. The second kappa shape index (κ2) is 8.53. The Morgan fingerprint density at radius 2 is 1.77 bits per heavy atom. The van der Waals surface area contributed by atoms with Crippen LogP contribution in [0, 0.1) is 18.3 Å². The number of ether oxygens (including phenoxy) is 1. The Labute approximate surface area is 203 Å². The predicted molar refractivity (Wildman–Crippen MR) is 135 cm³/mol. The summed E-state index contributed by atoms with van der Waals surface area (Å²) in [5.74, 6) is 0.252. The lowest BCUT2D eigenvalue weighted by Crippen LogP contribution is -2.06. The predicted octanol–water partition coefficient (Wildman–Crippen LogP) is 4.95. The molecule has 174 valence electrons. The lowest BCUT2D eigenvalue weighted by molar-refractivity contribution is 0.411. The summed E-state index contributed by atoms with van der Waals surface area (Å²) in [6.45, 7) is 1.92. The molecule has 0 saturated carbocycles. The molecule has 0 bridgehead atoms. The summed E-state index contributed by atoms with van der Waals surface area (Å²) >= 11 is 0. The molecule has 7 nitrogen and oxygen atoms in total. The number of pyridine rings is 1. The number of rotatable bonds is 5. The number of benzene rings is 3. The summed E-state index contributed by atoms with van der Waals surface area (Å²) in [5.41, 5.74) is 5.18. The van der Waals surface area contributed by atoms with Crippen LogP contribution in [-0.4, -0.2) is 30.3 Å². The molecular weight excluding hydrogens is 460 g/mol. The first-order valence-corrected chi connectivity index (χ1v) is 12.6. The third-order valence-corrected chi connectivity index (χ3v) is 7.78. The number of fused-ring (bicyclic) bond motifs is 3. The maximum atomic E-state index is 13.2. The number of hydrogen-bond acceptors (Lipinski definition) is 6. The number of hydrogen-bond donors (Lipinski definition) is 0. The zero-order valence-electron chi connectivity index (χ0n) is 19.5. The van der Waals surface area contributed by atoms with E-state index in [0.29, 0.717) is 22.4 Å². The van der Waals surface area contributed by atoms with Crippen molar-refractivity contribution in [2.75, 3.05) is 7.11 Å². The Bertz CT molecular complexity index is 1730. The molecular formula is C27H22N4O3S. The number of sulfone groups is 1. The zero-order valence-corrected chi connectivity index (χ0v) is 20.3. The van der Waals surface area contributed by atoms with Crippen LogP contribution >= 0.6 is 0 Å². The summed E-state index contributed by atoms with van der Waals surface area (Å²) in [5, 5.41) is 15.5. The van der Waals surface area contributed by atoms with Crippen LogP contribution in [0.2, 0.25) is 0 Å². The molecule has 35 heavy (non-hydrogen) atoms. The SMILES string of the molecule is COc1cc2ncc3c(c(-c4ccc(C#N)cc4)nn3C)c2cc1CS(=O)(=O)c1ccc(C)cc1. The first kappa shape index (κ1) is 22.6. The smallest absolute Gasteiger partial charge is 0.182 e. The van der Waals surface area contributed by atoms with E-state index in [1.54, 1.807) is 53.3 Å². The van der Waals surface area contributed by atoms with E-state index in [-0.39, 0.29) is 10.6 Å². The first-order chi connectivity index (χ1) is 16.8. The quantitative estimate of drug-likeness (QED) is 0.352. The van der Waals surface area contributed by atoms with Crippen molar-refractivity contribution in [2.45, 2.75) is 17.6 Å². The van der Waals surface area contributed by atoms with E-state index >= 15 is 0 Å². The van der Waals surface area contributed by atoms with Gasteiger partial charge in [-0.3, -0.25) is 9.67 Å². The topological polar surface area (TPSA) is 97.9 Å². The van der Waals surface area contributed by atoms with Crippen molar-refractivity contribution in [3.05, 3.63) is 83.6 Å². The average Bonchev–Trinajstić information content (AvgIpc) is 3.20. The molecule has 0 atom stereocenters. The van der Waals surface area contributed by atoms with E-state index in [4.69, 9.17) is 15.1 Å². The van der Waals surface area contributed by atoms with Crippen molar-refractivity contribution < 1.29 is 13.2 Å². The fraction of sp³-hybridized carbons (Fsp3) is 0.148. The molecule has 0 amide bonds. The molecule has 2 heterocycles. The third-order valence-electron chi connectivity index (χ3n) is 6.10. The molecule has 0 unspecified atom stereocenters. The van der Waals surface area contributed by atoms with E-state index in [2.05, 4.69) is 11.1 Å². The number of nitriles is 1. The monoisotopic (exact) mass is 482 g/mol. The minimum atomic E-state index is -3.60. The summed E-state index contributed by atoms with van der Waals surface area (Å²) in [4.78, 5) is 4.85. The van der Waals surface area contributed by atoms with Gasteiger partial charge in [0.2, 0.25) is 0 Å². The maximum absolute atomic E-state index is 13.2. The minimum absolute atomic E-state index is 0.210. The molecule has 3 aromatic carbocycles. The molecule has 0 radical (unpaired) electrons. The molecule has 0 aliphatic heterocycles. The van der Waals surface area contributed by atoms with Crippen molar-refractivity contribution in [2.24, 2.45) is 7.05 Å². The van der Waals surface area contributed by atoms with Crippen LogP contribution < -0.4 is 4.74 Å². The standard InChI is InChI=1S/C27H22N4O3S/c1-17-4-10-21(11-5-17)35(32,33)16-20-12-22-23(13-25(20)34-3)29-15-24-26(22)27(30-31(24)2)19-8-6-18(14-28)7-9-19/h4-13,15H,16H2,1-3H3. The highest BCUT2D eigenvalue weighted by atomic mass is 32.2. The van der Waals surface area contributed by atoms with E-state index in [0.717, 1.165) is 33.1 Å². The highest BCUT2D eigenvalue weighted by Crippen LogP contribution is 2.36. The number of aryl methyl sites for hydroxylation is 2. The van der Waals surface area contributed by atoms with E-state index in [9.17, 15) is 8.42 Å². The second-order valence-electron chi connectivity index (χ2n) is 8.43. The highest BCUT2D eigenvalue weighted by molar-refractivity contribution is 7.90. The largest absolute Gasteiger partial charge is 0.496 e. The lowest BCUT2D eigenvalue weighted by Gasteiger charge is -2.12. The van der Waals surface area contributed by atoms with Crippen molar-refractivity contribution in [3.8, 4) is 23.1 Å².